The summed E-state index contributed by atoms with van der Waals surface area (Å²) in [6, 6.07) is 5.77. The molecule has 0 N–H and O–H groups in total. The lowest BCUT2D eigenvalue weighted by atomic mass is 10.1. The number of nitrogens with zero attached hydrogens (tertiary/aromatic N) is 2. The number of rotatable bonds is 3. The van der Waals surface area contributed by atoms with Gasteiger partial charge in [-0.1, -0.05) is 6.07 Å². The minimum Gasteiger partial charge on any atom is -0.495 e. The molecule has 1 aromatic rings. The summed E-state index contributed by atoms with van der Waals surface area (Å²) in [5.41, 5.74) is 1.83. The monoisotopic (exact) mass is 334 g/mol. The van der Waals surface area contributed by atoms with Gasteiger partial charge in [-0.3, -0.25) is 9.59 Å². The highest BCUT2D eigenvalue weighted by Gasteiger charge is 2.38. The van der Waals surface area contributed by atoms with Crippen molar-refractivity contribution in [3.8, 4) is 5.75 Å². The molecule has 6 heteroatoms. The Morgan fingerprint density at radius 3 is 2.74 bits per heavy atom. The zero-order valence-electron chi connectivity index (χ0n) is 13.6. The lowest BCUT2D eigenvalue weighted by molar-refractivity contribution is -0.135. The van der Waals surface area contributed by atoms with E-state index in [-0.39, 0.29) is 17.7 Å². The molecule has 0 saturated carbocycles. The number of carbonyl (C=O) groups excluding carboxylic acids is 2. The predicted molar refractivity (Wildman–Crippen MR) is 92.1 cm³/mol. The van der Waals surface area contributed by atoms with Crippen LogP contribution in [0.1, 0.15) is 12.0 Å². The zero-order valence-corrected chi connectivity index (χ0v) is 14.4. The van der Waals surface area contributed by atoms with Gasteiger partial charge in [0.15, 0.2) is 0 Å². The van der Waals surface area contributed by atoms with Crippen molar-refractivity contribution in [3.05, 3.63) is 23.8 Å². The lowest BCUT2D eigenvalue weighted by Gasteiger charge is -2.28. The van der Waals surface area contributed by atoms with Crippen molar-refractivity contribution in [2.45, 2.75) is 13.3 Å². The number of hydrogen-bond acceptors (Lipinski definition) is 4. The summed E-state index contributed by atoms with van der Waals surface area (Å²) in [5, 5.41) is 0. The Morgan fingerprint density at radius 1 is 1.30 bits per heavy atom. The minimum absolute atomic E-state index is 0.00126. The average molecular weight is 334 g/mol. The standard InChI is InChI=1S/C17H22N2O3S/c1-12-3-4-15(22-2)14(9-12)19-11-13(10-16(19)20)17(21)18-5-7-23-8-6-18/h3-4,9,13H,5-8,10-11H2,1-2H3/t13-/m1/s1. The van der Waals surface area contributed by atoms with Crippen LogP contribution in [0.3, 0.4) is 0 Å². The zero-order chi connectivity index (χ0) is 16.4. The maximum atomic E-state index is 12.7. The largest absolute Gasteiger partial charge is 0.495 e. The van der Waals surface area contributed by atoms with E-state index in [0.29, 0.717) is 18.7 Å². The number of ether oxygens (including phenoxy) is 1. The number of hydrogen-bond donors (Lipinski definition) is 0. The number of carbonyl (C=O) groups is 2. The van der Waals surface area contributed by atoms with E-state index in [1.165, 1.54) is 0 Å². The van der Waals surface area contributed by atoms with Gasteiger partial charge < -0.3 is 14.5 Å². The first-order valence-corrected chi connectivity index (χ1v) is 9.07. The molecule has 2 aliphatic rings. The molecule has 124 valence electrons. The first kappa shape index (κ1) is 16.2. The Labute approximate surface area is 141 Å². The molecule has 0 aromatic heterocycles. The molecule has 1 atom stereocenters. The van der Waals surface area contributed by atoms with Gasteiger partial charge in [-0.2, -0.15) is 11.8 Å². The van der Waals surface area contributed by atoms with Crippen molar-refractivity contribution in [3.63, 3.8) is 0 Å². The highest BCUT2D eigenvalue weighted by molar-refractivity contribution is 7.99. The number of thioether (sulfide) groups is 1. The molecular formula is C17H22N2O3S. The van der Waals surface area contributed by atoms with E-state index in [1.54, 1.807) is 12.0 Å². The van der Waals surface area contributed by atoms with Crippen molar-refractivity contribution in [1.29, 1.82) is 0 Å². The molecule has 23 heavy (non-hydrogen) atoms. The van der Waals surface area contributed by atoms with Crippen LogP contribution in [-0.4, -0.2) is 55.0 Å². The third kappa shape index (κ3) is 3.32. The fourth-order valence-corrected chi connectivity index (χ4v) is 4.06. The number of benzene rings is 1. The average Bonchev–Trinajstić information content (AvgIpc) is 2.96. The van der Waals surface area contributed by atoms with Crippen molar-refractivity contribution in [1.82, 2.24) is 4.90 Å². The SMILES string of the molecule is COc1ccc(C)cc1N1C[C@H](C(=O)N2CCSCC2)CC1=O. The van der Waals surface area contributed by atoms with Gasteiger partial charge in [-0.25, -0.2) is 0 Å². The van der Waals surface area contributed by atoms with Crippen molar-refractivity contribution in [2.24, 2.45) is 5.92 Å². The van der Waals surface area contributed by atoms with Gasteiger partial charge in [0.1, 0.15) is 5.75 Å². The maximum Gasteiger partial charge on any atom is 0.228 e. The smallest absolute Gasteiger partial charge is 0.228 e. The second-order valence-electron chi connectivity index (χ2n) is 6.02. The summed E-state index contributed by atoms with van der Waals surface area (Å²) >= 11 is 1.88. The molecule has 2 amide bonds. The second kappa shape index (κ2) is 6.83. The normalized spacial score (nSPS) is 21.7. The number of anilines is 1. The quantitative estimate of drug-likeness (QED) is 0.847. The van der Waals surface area contributed by atoms with Crippen molar-refractivity contribution >= 4 is 29.3 Å². The summed E-state index contributed by atoms with van der Waals surface area (Å²) in [5.74, 6) is 2.53. The van der Waals surface area contributed by atoms with E-state index in [0.717, 1.165) is 35.8 Å². The van der Waals surface area contributed by atoms with E-state index < -0.39 is 0 Å². The van der Waals surface area contributed by atoms with Gasteiger partial charge in [0, 0.05) is 37.6 Å². The third-order valence-corrected chi connectivity index (χ3v) is 5.36. The van der Waals surface area contributed by atoms with Crippen LogP contribution in [0.15, 0.2) is 18.2 Å². The van der Waals surface area contributed by atoms with Crippen LogP contribution in [0, 0.1) is 12.8 Å². The van der Waals surface area contributed by atoms with Crippen LogP contribution in [-0.2, 0) is 9.59 Å². The van der Waals surface area contributed by atoms with E-state index in [2.05, 4.69) is 0 Å². The lowest BCUT2D eigenvalue weighted by Crippen LogP contribution is -2.42. The third-order valence-electron chi connectivity index (χ3n) is 4.42. The Hall–Kier alpha value is -1.69. The van der Waals surface area contributed by atoms with Crippen LogP contribution < -0.4 is 9.64 Å². The van der Waals surface area contributed by atoms with E-state index >= 15 is 0 Å². The Morgan fingerprint density at radius 2 is 2.04 bits per heavy atom. The molecule has 0 radical (unpaired) electrons. The van der Waals surface area contributed by atoms with Gasteiger partial charge >= 0.3 is 0 Å². The van der Waals surface area contributed by atoms with E-state index in [1.807, 2.05) is 41.8 Å². The summed E-state index contributed by atoms with van der Waals surface area (Å²) in [6.07, 6.45) is 0.291. The molecule has 1 aromatic carbocycles. The van der Waals surface area contributed by atoms with Crippen LogP contribution in [0.2, 0.25) is 0 Å². The highest BCUT2D eigenvalue weighted by Crippen LogP contribution is 2.34. The number of aryl methyl sites for hydroxylation is 1. The van der Waals surface area contributed by atoms with Crippen LogP contribution in [0.4, 0.5) is 5.69 Å². The molecule has 0 aliphatic carbocycles. The van der Waals surface area contributed by atoms with Gasteiger partial charge in [0.05, 0.1) is 18.7 Å². The molecular weight excluding hydrogens is 312 g/mol. The van der Waals surface area contributed by atoms with E-state index in [4.69, 9.17) is 4.74 Å². The topological polar surface area (TPSA) is 49.9 Å². The molecule has 2 aliphatic heterocycles. The maximum absolute atomic E-state index is 12.7. The number of amides is 2. The molecule has 0 unspecified atom stereocenters. The first-order chi connectivity index (χ1) is 11.1. The molecule has 2 saturated heterocycles. The molecule has 0 spiro atoms. The molecule has 0 bridgehead atoms. The predicted octanol–water partition coefficient (Wildman–Crippen LogP) is 1.93. The van der Waals surface area contributed by atoms with Gasteiger partial charge in [-0.15, -0.1) is 0 Å². The van der Waals surface area contributed by atoms with Crippen molar-refractivity contribution in [2.75, 3.05) is 43.1 Å². The number of methoxy groups -OCH3 is 1. The Bertz CT molecular complexity index is 614. The minimum atomic E-state index is -0.240. The van der Waals surface area contributed by atoms with Crippen LogP contribution in [0.5, 0.6) is 5.75 Å². The van der Waals surface area contributed by atoms with Gasteiger partial charge in [-0.05, 0) is 24.6 Å². The fourth-order valence-electron chi connectivity index (χ4n) is 3.16. The second-order valence-corrected chi connectivity index (χ2v) is 7.24. The highest BCUT2D eigenvalue weighted by atomic mass is 32.2. The first-order valence-electron chi connectivity index (χ1n) is 7.91. The Kier molecular flexibility index (Phi) is 4.80. The van der Waals surface area contributed by atoms with Crippen LogP contribution >= 0.6 is 11.8 Å². The fraction of sp³-hybridized carbons (Fsp3) is 0.529. The van der Waals surface area contributed by atoms with Gasteiger partial charge in [0.25, 0.3) is 0 Å². The summed E-state index contributed by atoms with van der Waals surface area (Å²) < 4.78 is 5.38. The summed E-state index contributed by atoms with van der Waals surface area (Å²) in [6.45, 7) is 4.02. The summed E-state index contributed by atoms with van der Waals surface area (Å²) in [7, 11) is 1.60. The molecule has 3 rings (SSSR count). The van der Waals surface area contributed by atoms with E-state index in [9.17, 15) is 9.59 Å². The van der Waals surface area contributed by atoms with Crippen molar-refractivity contribution < 1.29 is 14.3 Å². The van der Waals surface area contributed by atoms with Gasteiger partial charge in [0.2, 0.25) is 11.8 Å². The molecule has 2 fully saturated rings. The Balaban J connectivity index is 1.77. The summed E-state index contributed by atoms with van der Waals surface area (Å²) in [4.78, 5) is 28.7. The van der Waals surface area contributed by atoms with Crippen LogP contribution in [0.25, 0.3) is 0 Å². The molecule has 5 nitrogen and oxygen atoms in total. The molecule has 2 heterocycles.